The Hall–Kier alpha value is -4.47. The number of pyridine rings is 2. The monoisotopic (exact) mass is 459 g/mol. The van der Waals surface area contributed by atoms with Crippen molar-refractivity contribution < 1.29 is 13.5 Å². The molecule has 1 aromatic carbocycles. The van der Waals surface area contributed by atoms with Crippen LogP contribution in [-0.2, 0) is 6.54 Å². The van der Waals surface area contributed by atoms with Crippen molar-refractivity contribution in [2.75, 3.05) is 11.9 Å². The van der Waals surface area contributed by atoms with E-state index in [2.05, 4.69) is 30.4 Å². The smallest absolute Gasteiger partial charge is 0.134 e. The Balaban J connectivity index is 1.53. The van der Waals surface area contributed by atoms with Gasteiger partial charge in [-0.05, 0) is 31.2 Å². The molecule has 0 aliphatic carbocycles. The molecule has 5 rings (SSSR count). The molecule has 34 heavy (non-hydrogen) atoms. The number of rotatable bonds is 7. The number of ether oxygens (including phenoxy) is 1. The first kappa shape index (κ1) is 21.4. The number of halogens is 2. The molecule has 0 spiro atoms. The van der Waals surface area contributed by atoms with Crippen molar-refractivity contribution in [1.29, 1.82) is 0 Å². The van der Waals surface area contributed by atoms with Gasteiger partial charge in [0.1, 0.15) is 35.2 Å². The maximum absolute atomic E-state index is 14.7. The van der Waals surface area contributed by atoms with Crippen LogP contribution in [0.4, 0.5) is 20.3 Å². The molecule has 1 N–H and O–H groups in total. The van der Waals surface area contributed by atoms with Crippen molar-refractivity contribution in [2.24, 2.45) is 0 Å². The lowest BCUT2D eigenvalue weighted by Gasteiger charge is -2.09. The summed E-state index contributed by atoms with van der Waals surface area (Å²) in [5, 5.41) is 8.54. The molecule has 4 aromatic heterocycles. The van der Waals surface area contributed by atoms with Crippen LogP contribution in [0.5, 0.6) is 5.75 Å². The molecule has 0 amide bonds. The SMILES string of the molecule is CCOc1cc(F)c(Cn2nc(-c3cc(Nc4ccncn4)ccn3)c3cnccc32)c(F)c1. The van der Waals surface area contributed by atoms with Crippen LogP contribution in [-0.4, -0.2) is 36.3 Å². The highest BCUT2D eigenvalue weighted by molar-refractivity contribution is 5.92. The predicted molar refractivity (Wildman–Crippen MR) is 123 cm³/mol. The third-order valence-electron chi connectivity index (χ3n) is 5.14. The standard InChI is InChI=1S/C24H19F2N7O/c1-2-34-16-10-19(25)18(20(26)11-16)13-33-22-4-6-27-12-17(22)24(32-33)21-9-15(3-8-29-21)31-23-5-7-28-14-30-23/h3-12,14H,2,13H2,1H3,(H,28,29,30,31). The van der Waals surface area contributed by atoms with E-state index in [9.17, 15) is 8.78 Å². The van der Waals surface area contributed by atoms with Crippen LogP contribution in [0.25, 0.3) is 22.3 Å². The summed E-state index contributed by atoms with van der Waals surface area (Å²) in [6.45, 7) is 1.96. The Bertz CT molecular complexity index is 1430. The lowest BCUT2D eigenvalue weighted by atomic mass is 10.1. The molecule has 0 bridgehead atoms. The van der Waals surface area contributed by atoms with Gasteiger partial charge < -0.3 is 10.1 Å². The molecule has 4 heterocycles. The zero-order chi connectivity index (χ0) is 23.5. The van der Waals surface area contributed by atoms with E-state index in [4.69, 9.17) is 4.74 Å². The van der Waals surface area contributed by atoms with E-state index < -0.39 is 11.6 Å². The first-order valence-corrected chi connectivity index (χ1v) is 10.5. The number of nitrogens with zero attached hydrogens (tertiary/aromatic N) is 6. The van der Waals surface area contributed by atoms with Gasteiger partial charge in [-0.25, -0.2) is 18.7 Å². The maximum Gasteiger partial charge on any atom is 0.134 e. The summed E-state index contributed by atoms with van der Waals surface area (Å²) in [7, 11) is 0. The zero-order valence-electron chi connectivity index (χ0n) is 18.1. The Morgan fingerprint density at radius 3 is 2.56 bits per heavy atom. The van der Waals surface area contributed by atoms with Crippen LogP contribution in [0.1, 0.15) is 12.5 Å². The summed E-state index contributed by atoms with van der Waals surface area (Å²) in [5.74, 6) is -0.618. The van der Waals surface area contributed by atoms with Crippen LogP contribution in [0.3, 0.4) is 0 Å². The highest BCUT2D eigenvalue weighted by Gasteiger charge is 2.18. The predicted octanol–water partition coefficient (Wildman–Crippen LogP) is 4.75. The van der Waals surface area contributed by atoms with Crippen molar-refractivity contribution in [3.63, 3.8) is 0 Å². The normalized spacial score (nSPS) is 11.0. The average molecular weight is 459 g/mol. The van der Waals surface area contributed by atoms with Crippen molar-refractivity contribution in [3.8, 4) is 17.1 Å². The molecule has 5 aromatic rings. The quantitative estimate of drug-likeness (QED) is 0.376. The van der Waals surface area contributed by atoms with Gasteiger partial charge in [-0.15, -0.1) is 0 Å². The van der Waals surface area contributed by atoms with E-state index in [1.54, 1.807) is 54.6 Å². The summed E-state index contributed by atoms with van der Waals surface area (Å²) in [6, 6.07) is 9.47. The average Bonchev–Trinajstić information content (AvgIpc) is 3.21. The van der Waals surface area contributed by atoms with Crippen LogP contribution in [0.15, 0.2) is 67.5 Å². The van der Waals surface area contributed by atoms with Crippen LogP contribution in [0.2, 0.25) is 0 Å². The fourth-order valence-corrected chi connectivity index (χ4v) is 3.61. The Morgan fingerprint density at radius 1 is 0.971 bits per heavy atom. The molecule has 8 nitrogen and oxygen atoms in total. The Morgan fingerprint density at radius 2 is 1.79 bits per heavy atom. The fraction of sp³-hybridized carbons (Fsp3) is 0.125. The Kier molecular flexibility index (Phi) is 5.77. The molecule has 0 unspecified atom stereocenters. The molecule has 0 saturated carbocycles. The van der Waals surface area contributed by atoms with Gasteiger partial charge in [0, 0.05) is 53.6 Å². The van der Waals surface area contributed by atoms with Gasteiger partial charge in [0.05, 0.1) is 24.4 Å². The third kappa shape index (κ3) is 4.25. The van der Waals surface area contributed by atoms with Gasteiger partial charge >= 0.3 is 0 Å². The highest BCUT2D eigenvalue weighted by Crippen LogP contribution is 2.29. The number of benzene rings is 1. The minimum Gasteiger partial charge on any atom is -0.494 e. The Labute approximate surface area is 193 Å². The van der Waals surface area contributed by atoms with Crippen molar-refractivity contribution in [2.45, 2.75) is 13.5 Å². The van der Waals surface area contributed by atoms with E-state index >= 15 is 0 Å². The molecule has 0 saturated heterocycles. The highest BCUT2D eigenvalue weighted by atomic mass is 19.1. The van der Waals surface area contributed by atoms with E-state index in [-0.39, 0.29) is 17.9 Å². The number of fused-ring (bicyclic) bond motifs is 1. The summed E-state index contributed by atoms with van der Waals surface area (Å²) in [6.07, 6.45) is 7.99. The second-order valence-corrected chi connectivity index (χ2v) is 7.35. The van der Waals surface area contributed by atoms with E-state index in [0.29, 0.717) is 34.7 Å². The van der Waals surface area contributed by atoms with Crippen molar-refractivity contribution in [3.05, 3.63) is 84.7 Å². The number of hydrogen-bond acceptors (Lipinski definition) is 7. The molecule has 0 fully saturated rings. The lowest BCUT2D eigenvalue weighted by molar-refractivity contribution is 0.335. The second kappa shape index (κ2) is 9.18. The van der Waals surface area contributed by atoms with Gasteiger partial charge in [0.15, 0.2) is 0 Å². The second-order valence-electron chi connectivity index (χ2n) is 7.35. The number of nitrogens with one attached hydrogen (secondary N) is 1. The summed E-state index contributed by atoms with van der Waals surface area (Å²) >= 11 is 0. The molecule has 0 atom stereocenters. The van der Waals surface area contributed by atoms with Gasteiger partial charge in [-0.1, -0.05) is 0 Å². The maximum atomic E-state index is 14.7. The molecular formula is C24H19F2N7O. The first-order chi connectivity index (χ1) is 16.6. The number of hydrogen-bond donors (Lipinski definition) is 1. The minimum atomic E-state index is -0.697. The zero-order valence-corrected chi connectivity index (χ0v) is 18.1. The van der Waals surface area contributed by atoms with Crippen LogP contribution >= 0.6 is 0 Å². The van der Waals surface area contributed by atoms with Gasteiger partial charge in [0.2, 0.25) is 0 Å². The largest absolute Gasteiger partial charge is 0.494 e. The van der Waals surface area contributed by atoms with Gasteiger partial charge in [-0.3, -0.25) is 14.6 Å². The molecular weight excluding hydrogens is 440 g/mol. The number of anilines is 2. The summed E-state index contributed by atoms with van der Waals surface area (Å²) in [5.41, 5.74) is 2.43. The molecule has 0 aliphatic rings. The minimum absolute atomic E-state index is 0.108. The van der Waals surface area contributed by atoms with Crippen LogP contribution < -0.4 is 10.1 Å². The van der Waals surface area contributed by atoms with Crippen LogP contribution in [0, 0.1) is 11.6 Å². The number of aromatic nitrogens is 6. The summed E-state index contributed by atoms with van der Waals surface area (Å²) in [4.78, 5) is 16.7. The van der Waals surface area contributed by atoms with Crippen molar-refractivity contribution in [1.82, 2.24) is 29.7 Å². The summed E-state index contributed by atoms with van der Waals surface area (Å²) < 4.78 is 36.2. The fourth-order valence-electron chi connectivity index (χ4n) is 3.61. The van der Waals surface area contributed by atoms with E-state index in [1.807, 2.05) is 6.07 Å². The van der Waals surface area contributed by atoms with E-state index in [1.165, 1.54) is 18.5 Å². The molecule has 0 aliphatic heterocycles. The first-order valence-electron chi connectivity index (χ1n) is 10.5. The van der Waals surface area contributed by atoms with E-state index in [0.717, 1.165) is 5.69 Å². The van der Waals surface area contributed by atoms with Gasteiger partial charge in [-0.2, -0.15) is 5.10 Å². The van der Waals surface area contributed by atoms with Gasteiger partial charge in [0.25, 0.3) is 0 Å². The third-order valence-corrected chi connectivity index (χ3v) is 5.14. The molecule has 0 radical (unpaired) electrons. The molecule has 10 heteroatoms. The topological polar surface area (TPSA) is 90.6 Å². The van der Waals surface area contributed by atoms with Crippen molar-refractivity contribution >= 4 is 22.4 Å². The molecule has 170 valence electrons. The lowest BCUT2D eigenvalue weighted by Crippen LogP contribution is -2.07.